The summed E-state index contributed by atoms with van der Waals surface area (Å²) in [6.07, 6.45) is 0. The molecule has 2 aliphatic heterocycles. The predicted molar refractivity (Wildman–Crippen MR) is 111 cm³/mol. The van der Waals surface area contributed by atoms with Crippen molar-refractivity contribution in [2.45, 2.75) is 25.3 Å². The van der Waals surface area contributed by atoms with Crippen molar-refractivity contribution in [3.63, 3.8) is 0 Å². The van der Waals surface area contributed by atoms with Crippen molar-refractivity contribution in [1.82, 2.24) is 10.2 Å². The summed E-state index contributed by atoms with van der Waals surface area (Å²) in [5, 5.41) is 15.1. The van der Waals surface area contributed by atoms with Crippen LogP contribution in [0.3, 0.4) is 0 Å². The third-order valence-corrected chi connectivity index (χ3v) is 5.85. The number of carboxylic acids is 1. The Kier molecular flexibility index (Phi) is 6.93. The number of aliphatic carboxylic acids is 1. The van der Waals surface area contributed by atoms with Crippen LogP contribution in [0.25, 0.3) is 0 Å². The monoisotopic (exact) mass is 461 g/mol. The summed E-state index contributed by atoms with van der Waals surface area (Å²) in [6.45, 7) is 2.08. The fraction of sp³-hybridized carbons (Fsp3) is 0.300. The third kappa shape index (κ3) is 4.80. The molecule has 1 saturated heterocycles. The number of oxime groups is 1. The Morgan fingerprint density at radius 1 is 1.19 bits per heavy atom. The summed E-state index contributed by atoms with van der Waals surface area (Å²) >= 11 is 1.23. The molecule has 1 aromatic carbocycles. The number of carboxylic acid groups (broad SMARTS) is 1. The summed E-state index contributed by atoms with van der Waals surface area (Å²) in [5.74, 6) is -3.83. The number of esters is 1. The lowest BCUT2D eigenvalue weighted by atomic mass is 10.0. The first-order chi connectivity index (χ1) is 15.2. The molecule has 2 atom stereocenters. The van der Waals surface area contributed by atoms with E-state index in [4.69, 9.17) is 4.74 Å². The number of nitrogens with one attached hydrogen (secondary N) is 1. The molecule has 1 fully saturated rings. The molecule has 11 nitrogen and oxygen atoms in total. The average Bonchev–Trinajstić information content (AvgIpc) is 2.75. The molecule has 3 rings (SSSR count). The van der Waals surface area contributed by atoms with E-state index in [2.05, 4.69) is 15.3 Å². The lowest BCUT2D eigenvalue weighted by Crippen LogP contribution is -2.71. The van der Waals surface area contributed by atoms with Crippen molar-refractivity contribution in [1.29, 1.82) is 0 Å². The second-order valence-corrected chi connectivity index (χ2v) is 7.89. The summed E-state index contributed by atoms with van der Waals surface area (Å²) in [6, 6.07) is 7.20. The molecule has 2 N–H and O–H groups in total. The Labute approximate surface area is 186 Å². The quantitative estimate of drug-likeness (QED) is 0.191. The number of hydrogen-bond acceptors (Lipinski definition) is 9. The number of carbonyl (C=O) groups is 5. The number of nitrogens with zero attached hydrogens (tertiary/aromatic N) is 2. The molecule has 168 valence electrons. The van der Waals surface area contributed by atoms with Crippen molar-refractivity contribution in [3.8, 4) is 0 Å². The maximum absolute atomic E-state index is 12.8. The molecule has 0 radical (unpaired) electrons. The van der Waals surface area contributed by atoms with Gasteiger partial charge >= 0.3 is 17.9 Å². The van der Waals surface area contributed by atoms with E-state index in [0.29, 0.717) is 5.56 Å². The maximum Gasteiger partial charge on any atom is 0.352 e. The highest BCUT2D eigenvalue weighted by molar-refractivity contribution is 8.00. The zero-order valence-corrected chi connectivity index (χ0v) is 17.9. The minimum Gasteiger partial charge on any atom is -0.477 e. The number of carbonyl (C=O) groups excluding carboxylic acids is 4. The number of rotatable bonds is 7. The number of β-lactam (4-membered cyclic amide) rings is 1. The van der Waals surface area contributed by atoms with Crippen LogP contribution in [0.2, 0.25) is 0 Å². The lowest BCUT2D eigenvalue weighted by Gasteiger charge is -2.49. The zero-order chi connectivity index (χ0) is 23.4. The van der Waals surface area contributed by atoms with Crippen molar-refractivity contribution in [3.05, 3.63) is 47.2 Å². The van der Waals surface area contributed by atoms with Crippen LogP contribution < -0.4 is 5.32 Å². The first-order valence-corrected chi connectivity index (χ1v) is 10.4. The van der Waals surface area contributed by atoms with Crippen molar-refractivity contribution in [2.75, 3.05) is 12.4 Å². The minimum atomic E-state index is -1.34. The highest BCUT2D eigenvalue weighted by atomic mass is 32.2. The van der Waals surface area contributed by atoms with E-state index >= 15 is 0 Å². The van der Waals surface area contributed by atoms with Crippen LogP contribution in [0.1, 0.15) is 19.4 Å². The molecular formula is C20H19N3O8S. The molecule has 2 amide bonds. The normalized spacial score (nSPS) is 20.1. The number of fused-ring (bicyclic) bond motifs is 1. The van der Waals surface area contributed by atoms with Gasteiger partial charge in [0.2, 0.25) is 0 Å². The number of ether oxygens (including phenoxy) is 1. The number of benzene rings is 1. The average molecular weight is 461 g/mol. The zero-order valence-electron chi connectivity index (χ0n) is 17.1. The summed E-state index contributed by atoms with van der Waals surface area (Å²) in [4.78, 5) is 65.2. The van der Waals surface area contributed by atoms with Gasteiger partial charge in [0, 0.05) is 30.7 Å². The van der Waals surface area contributed by atoms with E-state index in [9.17, 15) is 29.1 Å². The van der Waals surface area contributed by atoms with Crippen molar-refractivity contribution >= 4 is 47.2 Å². The molecule has 2 aliphatic rings. The Balaban J connectivity index is 1.79. The third-order valence-electron chi connectivity index (χ3n) is 4.51. The van der Waals surface area contributed by atoms with Gasteiger partial charge in [-0.15, -0.1) is 11.8 Å². The van der Waals surface area contributed by atoms with Crippen LogP contribution in [0.15, 0.2) is 46.8 Å². The number of hydrogen-bond donors (Lipinski definition) is 2. The molecule has 0 unspecified atom stereocenters. The van der Waals surface area contributed by atoms with Gasteiger partial charge < -0.3 is 20.0 Å². The van der Waals surface area contributed by atoms with Gasteiger partial charge in [0.05, 0.1) is 0 Å². The first kappa shape index (κ1) is 23.0. The Bertz CT molecular complexity index is 1040. The fourth-order valence-corrected chi connectivity index (χ4v) is 4.45. The number of thioether (sulfide) groups is 1. The Morgan fingerprint density at radius 3 is 2.47 bits per heavy atom. The van der Waals surface area contributed by atoms with Crippen LogP contribution in [-0.4, -0.2) is 69.2 Å². The maximum atomic E-state index is 12.8. The molecule has 0 saturated carbocycles. The van der Waals surface area contributed by atoms with Crippen LogP contribution >= 0.6 is 11.8 Å². The molecular weight excluding hydrogens is 442 g/mol. The van der Waals surface area contributed by atoms with Crippen LogP contribution in [0.4, 0.5) is 0 Å². The van der Waals surface area contributed by atoms with E-state index in [1.165, 1.54) is 18.7 Å². The van der Waals surface area contributed by atoms with Crippen LogP contribution in [0, 0.1) is 0 Å². The van der Waals surface area contributed by atoms with Gasteiger partial charge in [-0.1, -0.05) is 35.5 Å². The van der Waals surface area contributed by atoms with Crippen molar-refractivity contribution in [2.24, 2.45) is 5.16 Å². The molecule has 12 heteroatoms. The van der Waals surface area contributed by atoms with Gasteiger partial charge in [0.1, 0.15) is 23.7 Å². The molecule has 0 bridgehead atoms. The van der Waals surface area contributed by atoms with Crippen molar-refractivity contribution < 1.29 is 38.7 Å². The van der Waals surface area contributed by atoms with Crippen LogP contribution in [0.5, 0.6) is 0 Å². The van der Waals surface area contributed by atoms with E-state index in [-0.39, 0.29) is 29.3 Å². The van der Waals surface area contributed by atoms with E-state index in [0.717, 1.165) is 11.8 Å². The van der Waals surface area contributed by atoms with Gasteiger partial charge in [0.25, 0.3) is 11.8 Å². The van der Waals surface area contributed by atoms with Gasteiger partial charge in [-0.25, -0.2) is 9.59 Å². The minimum absolute atomic E-state index is 0.197. The summed E-state index contributed by atoms with van der Waals surface area (Å²) in [7, 11) is 0. The lowest BCUT2D eigenvalue weighted by molar-refractivity contribution is -0.150. The standard InChI is InChI=1S/C20H19N3O8S/c1-10(24)30-8-13-9-32-19-15(18(27)23(19)16(13)20(28)29)21-17(26)14(22-31-11(2)25)12-6-4-3-5-7-12/h3-7,15,19H,8-9H2,1-2H3,(H,21,26)(H,28,29)/t15-,19-/m1/s1. The molecule has 1 aromatic rings. The SMILES string of the molecule is CC(=O)OCC1=C(C(=O)O)N2C(=O)[C@@H](NC(=O)C(=NOC(C)=O)c3ccccc3)[C@H]2SC1. The molecule has 0 aliphatic carbocycles. The Morgan fingerprint density at radius 2 is 1.88 bits per heavy atom. The summed E-state index contributed by atoms with van der Waals surface area (Å²) in [5.41, 5.74) is 0.175. The molecule has 0 spiro atoms. The molecule has 0 aromatic heterocycles. The van der Waals surface area contributed by atoms with Crippen LogP contribution in [-0.2, 0) is 33.5 Å². The molecule has 32 heavy (non-hydrogen) atoms. The van der Waals surface area contributed by atoms with Gasteiger partial charge in [-0.2, -0.15) is 0 Å². The molecule has 2 heterocycles. The first-order valence-electron chi connectivity index (χ1n) is 9.36. The van der Waals surface area contributed by atoms with E-state index < -0.39 is 41.1 Å². The highest BCUT2D eigenvalue weighted by Gasteiger charge is 2.54. The number of amides is 2. The van der Waals surface area contributed by atoms with E-state index in [1.807, 2.05) is 0 Å². The topological polar surface area (TPSA) is 152 Å². The fourth-order valence-electron chi connectivity index (χ4n) is 3.12. The predicted octanol–water partition coefficient (Wildman–Crippen LogP) is 0.256. The second-order valence-electron chi connectivity index (χ2n) is 6.79. The van der Waals surface area contributed by atoms with Gasteiger partial charge in [-0.3, -0.25) is 19.3 Å². The summed E-state index contributed by atoms with van der Waals surface area (Å²) < 4.78 is 4.88. The van der Waals surface area contributed by atoms with E-state index in [1.54, 1.807) is 30.3 Å². The second kappa shape index (κ2) is 9.64. The van der Waals surface area contributed by atoms with Gasteiger partial charge in [0.15, 0.2) is 5.71 Å². The van der Waals surface area contributed by atoms with Gasteiger partial charge in [-0.05, 0) is 0 Å². The largest absolute Gasteiger partial charge is 0.477 e. The smallest absolute Gasteiger partial charge is 0.352 e. The Hall–Kier alpha value is -3.67. The highest BCUT2D eigenvalue weighted by Crippen LogP contribution is 2.40.